The van der Waals surface area contributed by atoms with E-state index in [2.05, 4.69) is 0 Å². The minimum atomic E-state index is -5.19. The Morgan fingerprint density at radius 3 is 2.29 bits per heavy atom. The van der Waals surface area contributed by atoms with Crippen molar-refractivity contribution in [3.8, 4) is 0 Å². The molecule has 0 fully saturated rings. The van der Waals surface area contributed by atoms with Crippen molar-refractivity contribution in [3.63, 3.8) is 0 Å². The van der Waals surface area contributed by atoms with Crippen LogP contribution in [0.2, 0.25) is 5.02 Å². The van der Waals surface area contributed by atoms with Gasteiger partial charge in [-0.3, -0.25) is 9.59 Å². The van der Waals surface area contributed by atoms with E-state index in [0.717, 1.165) is 16.3 Å². The molecular formula is C26H23ClF3NO3. The standard InChI is InChI=1S/C26H23ClF3NO3/c1-17(31(16-24(32)33)25(34)26(28,29)30)23(20-11-13-22(27)14-12-20)8-4-5-18-9-10-19-6-2-3-7-21(19)15-18/h2-7,9-15,17,23H,8,16H2,1H3,(H,32,33)/b5-4+. The Bertz CT molecular complexity index is 1190. The van der Waals surface area contributed by atoms with Gasteiger partial charge in [0, 0.05) is 17.0 Å². The number of carbonyl (C=O) groups is 2. The maximum atomic E-state index is 13.2. The van der Waals surface area contributed by atoms with Crippen molar-refractivity contribution in [1.29, 1.82) is 0 Å². The van der Waals surface area contributed by atoms with Crippen molar-refractivity contribution in [2.24, 2.45) is 0 Å². The normalized spacial score (nSPS) is 13.7. The molecule has 2 atom stereocenters. The number of amides is 1. The van der Waals surface area contributed by atoms with E-state index >= 15 is 0 Å². The summed E-state index contributed by atoms with van der Waals surface area (Å²) in [6.07, 6.45) is -1.24. The summed E-state index contributed by atoms with van der Waals surface area (Å²) in [6, 6.07) is 19.3. The molecule has 34 heavy (non-hydrogen) atoms. The summed E-state index contributed by atoms with van der Waals surface area (Å²) in [5.41, 5.74) is 1.56. The quantitative estimate of drug-likeness (QED) is 0.390. The number of alkyl halides is 3. The first-order chi connectivity index (χ1) is 16.1. The van der Waals surface area contributed by atoms with Crippen LogP contribution in [0.15, 0.2) is 72.8 Å². The molecule has 4 nitrogen and oxygen atoms in total. The molecule has 0 bridgehead atoms. The van der Waals surface area contributed by atoms with E-state index in [1.807, 2.05) is 54.6 Å². The van der Waals surface area contributed by atoms with Gasteiger partial charge in [-0.25, -0.2) is 0 Å². The van der Waals surface area contributed by atoms with E-state index in [-0.39, 0.29) is 6.42 Å². The highest BCUT2D eigenvalue weighted by Gasteiger charge is 2.45. The number of benzene rings is 3. The maximum Gasteiger partial charge on any atom is 0.471 e. The topological polar surface area (TPSA) is 57.6 Å². The molecule has 0 aliphatic carbocycles. The predicted molar refractivity (Wildman–Crippen MR) is 127 cm³/mol. The number of allylic oxidation sites excluding steroid dienone is 1. The molecule has 2 unspecified atom stereocenters. The monoisotopic (exact) mass is 489 g/mol. The minimum absolute atomic E-state index is 0.275. The summed E-state index contributed by atoms with van der Waals surface area (Å²) >= 11 is 5.96. The van der Waals surface area contributed by atoms with Gasteiger partial charge in [0.15, 0.2) is 0 Å². The fraction of sp³-hybridized carbons (Fsp3) is 0.231. The Hall–Kier alpha value is -3.32. The zero-order valence-corrected chi connectivity index (χ0v) is 19.1. The molecule has 0 saturated heterocycles. The largest absolute Gasteiger partial charge is 0.480 e. The Morgan fingerprint density at radius 2 is 1.68 bits per heavy atom. The van der Waals surface area contributed by atoms with Crippen molar-refractivity contribution in [3.05, 3.63) is 89.0 Å². The van der Waals surface area contributed by atoms with E-state index < -0.39 is 36.6 Å². The Kier molecular flexibility index (Phi) is 7.99. The Balaban J connectivity index is 1.91. The van der Waals surface area contributed by atoms with Crippen LogP contribution in [0.4, 0.5) is 13.2 Å². The average Bonchev–Trinajstić information content (AvgIpc) is 2.79. The molecule has 1 N–H and O–H groups in total. The highest BCUT2D eigenvalue weighted by molar-refractivity contribution is 6.30. The van der Waals surface area contributed by atoms with Crippen LogP contribution < -0.4 is 0 Å². The van der Waals surface area contributed by atoms with Crippen LogP contribution in [0.3, 0.4) is 0 Å². The summed E-state index contributed by atoms with van der Waals surface area (Å²) in [5.74, 6) is -4.30. The van der Waals surface area contributed by atoms with Gasteiger partial charge in [-0.1, -0.05) is 72.3 Å². The van der Waals surface area contributed by atoms with Crippen LogP contribution in [0.1, 0.15) is 30.4 Å². The molecule has 178 valence electrons. The fourth-order valence-corrected chi connectivity index (χ4v) is 4.04. The summed E-state index contributed by atoms with van der Waals surface area (Å²) < 4.78 is 39.6. The van der Waals surface area contributed by atoms with Gasteiger partial charge in [0.1, 0.15) is 6.54 Å². The molecule has 0 aromatic heterocycles. The second kappa shape index (κ2) is 10.7. The van der Waals surface area contributed by atoms with Crippen molar-refractivity contribution in [2.75, 3.05) is 6.54 Å². The van der Waals surface area contributed by atoms with Crippen molar-refractivity contribution >= 4 is 40.3 Å². The maximum absolute atomic E-state index is 13.2. The smallest absolute Gasteiger partial charge is 0.471 e. The summed E-state index contributed by atoms with van der Waals surface area (Å²) in [6.45, 7) is 0.369. The van der Waals surface area contributed by atoms with Gasteiger partial charge in [0.25, 0.3) is 0 Å². The zero-order chi connectivity index (χ0) is 24.9. The van der Waals surface area contributed by atoms with E-state index in [1.54, 1.807) is 24.3 Å². The van der Waals surface area contributed by atoms with E-state index in [1.165, 1.54) is 6.92 Å². The molecule has 3 aromatic rings. The number of hydrogen-bond donors (Lipinski definition) is 1. The van der Waals surface area contributed by atoms with Crippen LogP contribution in [0, 0.1) is 0 Å². The zero-order valence-electron chi connectivity index (χ0n) is 18.3. The SMILES string of the molecule is CC(C(C/C=C/c1ccc2ccccc2c1)c1ccc(Cl)cc1)N(CC(=O)O)C(=O)C(F)(F)F. The molecule has 0 spiro atoms. The van der Waals surface area contributed by atoms with Gasteiger partial charge < -0.3 is 10.0 Å². The van der Waals surface area contributed by atoms with Crippen molar-refractivity contribution in [1.82, 2.24) is 4.90 Å². The van der Waals surface area contributed by atoms with E-state index in [0.29, 0.717) is 15.5 Å². The number of carboxylic acids is 1. The highest BCUT2D eigenvalue weighted by Crippen LogP contribution is 2.31. The van der Waals surface area contributed by atoms with Crippen molar-refractivity contribution in [2.45, 2.75) is 31.5 Å². The number of carbonyl (C=O) groups excluding carboxylic acids is 1. The lowest BCUT2D eigenvalue weighted by atomic mass is 9.88. The number of nitrogens with zero attached hydrogens (tertiary/aromatic N) is 1. The second-order valence-corrected chi connectivity index (χ2v) is 8.40. The average molecular weight is 490 g/mol. The number of carboxylic acid groups (broad SMARTS) is 1. The summed E-state index contributed by atoms with van der Waals surface area (Å²) in [4.78, 5) is 23.7. The van der Waals surface area contributed by atoms with Gasteiger partial charge in [-0.05, 0) is 53.4 Å². The number of rotatable bonds is 8. The first kappa shape index (κ1) is 25.3. The lowest BCUT2D eigenvalue weighted by Gasteiger charge is -2.34. The third kappa shape index (κ3) is 6.38. The van der Waals surface area contributed by atoms with Crippen LogP contribution in [0.5, 0.6) is 0 Å². The van der Waals surface area contributed by atoms with Gasteiger partial charge in [0.05, 0.1) is 0 Å². The van der Waals surface area contributed by atoms with Crippen LogP contribution >= 0.6 is 11.6 Å². The minimum Gasteiger partial charge on any atom is -0.480 e. The summed E-state index contributed by atoms with van der Waals surface area (Å²) in [5, 5.41) is 11.7. The van der Waals surface area contributed by atoms with Gasteiger partial charge in [0.2, 0.25) is 0 Å². The van der Waals surface area contributed by atoms with E-state index in [4.69, 9.17) is 16.7 Å². The van der Waals surface area contributed by atoms with Gasteiger partial charge >= 0.3 is 18.1 Å². The van der Waals surface area contributed by atoms with Gasteiger partial charge in [-0.2, -0.15) is 13.2 Å². The number of halogens is 4. The van der Waals surface area contributed by atoms with Gasteiger partial charge in [-0.15, -0.1) is 0 Å². The fourth-order valence-electron chi connectivity index (χ4n) is 3.91. The highest BCUT2D eigenvalue weighted by atomic mass is 35.5. The molecule has 0 saturated carbocycles. The lowest BCUT2D eigenvalue weighted by Crippen LogP contribution is -2.50. The number of aliphatic carboxylic acids is 1. The molecule has 0 aliphatic heterocycles. The molecule has 3 rings (SSSR count). The molecule has 0 aliphatic rings. The first-order valence-electron chi connectivity index (χ1n) is 10.6. The third-order valence-corrected chi connectivity index (χ3v) is 5.91. The lowest BCUT2D eigenvalue weighted by molar-refractivity contribution is -0.189. The second-order valence-electron chi connectivity index (χ2n) is 7.97. The van der Waals surface area contributed by atoms with Crippen molar-refractivity contribution < 1.29 is 27.9 Å². The number of fused-ring (bicyclic) bond motifs is 1. The van der Waals surface area contributed by atoms with E-state index in [9.17, 15) is 22.8 Å². The first-order valence-corrected chi connectivity index (χ1v) is 10.9. The molecule has 0 heterocycles. The number of hydrogen-bond acceptors (Lipinski definition) is 2. The molecule has 1 amide bonds. The predicted octanol–water partition coefficient (Wildman–Crippen LogP) is 6.54. The van der Waals surface area contributed by atoms with Crippen LogP contribution in [0.25, 0.3) is 16.8 Å². The Morgan fingerprint density at radius 1 is 1.03 bits per heavy atom. The Labute approximate surface area is 200 Å². The molecule has 3 aromatic carbocycles. The molecule has 8 heteroatoms. The molecule has 0 radical (unpaired) electrons. The summed E-state index contributed by atoms with van der Waals surface area (Å²) in [7, 11) is 0. The van der Waals surface area contributed by atoms with Crippen LogP contribution in [-0.4, -0.2) is 40.6 Å². The molecular weight excluding hydrogens is 467 g/mol. The van der Waals surface area contributed by atoms with Crippen LogP contribution in [-0.2, 0) is 9.59 Å². The third-order valence-electron chi connectivity index (χ3n) is 5.65.